The number of carbonyl (C=O) groups is 1. The third kappa shape index (κ3) is 0.895. The summed E-state index contributed by atoms with van der Waals surface area (Å²) in [6.07, 6.45) is 1.36. The van der Waals surface area contributed by atoms with Gasteiger partial charge in [0, 0.05) is 6.20 Å². The normalized spacial score (nSPS) is 10.3. The molecule has 0 spiro atoms. The van der Waals surface area contributed by atoms with Gasteiger partial charge >= 0.3 is 5.97 Å². The van der Waals surface area contributed by atoms with Crippen LogP contribution in [-0.2, 0) is 0 Å². The highest BCUT2D eigenvalue weighted by Gasteiger charge is 2.04. The van der Waals surface area contributed by atoms with E-state index in [1.54, 1.807) is 6.07 Å². The van der Waals surface area contributed by atoms with Crippen LogP contribution in [0.4, 0.5) is 0 Å². The average molecular weight is 164 g/mol. The number of carboxylic acids is 1. The topological polar surface area (TPSA) is 80.4 Å². The first-order valence-electron chi connectivity index (χ1n) is 3.18. The Balaban J connectivity index is 2.68. The van der Waals surface area contributed by atoms with Crippen molar-refractivity contribution < 1.29 is 9.90 Å². The van der Waals surface area contributed by atoms with Crippen LogP contribution < -0.4 is 0 Å². The zero-order valence-corrected chi connectivity index (χ0v) is 5.88. The van der Waals surface area contributed by atoms with Gasteiger partial charge in [0.05, 0.1) is 5.56 Å². The van der Waals surface area contributed by atoms with Crippen LogP contribution in [-0.4, -0.2) is 31.1 Å². The molecule has 0 fully saturated rings. The molecule has 2 aromatic rings. The van der Waals surface area contributed by atoms with E-state index >= 15 is 0 Å². The number of pyridine rings is 1. The molecule has 60 valence electrons. The average Bonchev–Trinajstić information content (AvgIpc) is 2.49. The van der Waals surface area contributed by atoms with Gasteiger partial charge in [0.15, 0.2) is 5.65 Å². The van der Waals surface area contributed by atoms with E-state index in [4.69, 9.17) is 5.11 Å². The van der Waals surface area contributed by atoms with Crippen molar-refractivity contribution in [3.63, 3.8) is 0 Å². The highest BCUT2D eigenvalue weighted by Crippen LogP contribution is 2.01. The van der Waals surface area contributed by atoms with E-state index < -0.39 is 5.97 Å². The first-order chi connectivity index (χ1) is 5.77. The Morgan fingerprint density at radius 3 is 3.08 bits per heavy atom. The van der Waals surface area contributed by atoms with Crippen molar-refractivity contribution in [1.29, 1.82) is 0 Å². The second-order valence-corrected chi connectivity index (χ2v) is 2.20. The molecular formula is C6H4N4O2. The second-order valence-electron chi connectivity index (χ2n) is 2.20. The van der Waals surface area contributed by atoms with Crippen molar-refractivity contribution in [2.75, 3.05) is 0 Å². The molecule has 6 heteroatoms. The van der Waals surface area contributed by atoms with Crippen LogP contribution in [0.2, 0.25) is 0 Å². The summed E-state index contributed by atoms with van der Waals surface area (Å²) in [6.45, 7) is 0. The smallest absolute Gasteiger partial charge is 0.337 e. The van der Waals surface area contributed by atoms with Crippen LogP contribution in [0.15, 0.2) is 18.3 Å². The molecule has 0 aliphatic rings. The highest BCUT2D eigenvalue weighted by atomic mass is 16.4. The molecule has 0 atom stereocenters. The number of aromatic nitrogens is 4. The summed E-state index contributed by atoms with van der Waals surface area (Å²) in [6, 6.07) is 3.00. The lowest BCUT2D eigenvalue weighted by Crippen LogP contribution is -1.99. The van der Waals surface area contributed by atoms with E-state index in [9.17, 15) is 4.79 Å². The third-order valence-corrected chi connectivity index (χ3v) is 1.44. The highest BCUT2D eigenvalue weighted by molar-refractivity contribution is 5.87. The number of hydrogen-bond acceptors (Lipinski definition) is 4. The minimum Gasteiger partial charge on any atom is -0.478 e. The molecule has 0 radical (unpaired) electrons. The second kappa shape index (κ2) is 2.26. The quantitative estimate of drug-likeness (QED) is 0.632. The lowest BCUT2D eigenvalue weighted by Gasteiger charge is -1.92. The van der Waals surface area contributed by atoms with Gasteiger partial charge in [0.1, 0.15) is 0 Å². The molecule has 0 saturated carbocycles. The van der Waals surface area contributed by atoms with Crippen LogP contribution in [0.1, 0.15) is 10.4 Å². The Hall–Kier alpha value is -1.98. The molecular weight excluding hydrogens is 160 g/mol. The minimum atomic E-state index is -0.993. The van der Waals surface area contributed by atoms with Gasteiger partial charge in [-0.15, -0.1) is 5.10 Å². The summed E-state index contributed by atoms with van der Waals surface area (Å²) >= 11 is 0. The van der Waals surface area contributed by atoms with E-state index in [1.165, 1.54) is 16.8 Å². The number of fused-ring (bicyclic) bond motifs is 1. The molecule has 2 aromatic heterocycles. The van der Waals surface area contributed by atoms with Crippen molar-refractivity contribution >= 4 is 11.6 Å². The van der Waals surface area contributed by atoms with Gasteiger partial charge < -0.3 is 5.11 Å². The molecule has 2 rings (SSSR count). The molecule has 12 heavy (non-hydrogen) atoms. The molecule has 0 aromatic carbocycles. The maximum Gasteiger partial charge on any atom is 0.337 e. The van der Waals surface area contributed by atoms with Crippen LogP contribution >= 0.6 is 0 Å². The van der Waals surface area contributed by atoms with E-state index in [0.29, 0.717) is 5.65 Å². The molecule has 2 heterocycles. The minimum absolute atomic E-state index is 0.162. The molecule has 1 N–H and O–H groups in total. The fraction of sp³-hybridized carbons (Fsp3) is 0. The van der Waals surface area contributed by atoms with E-state index in [0.717, 1.165) is 0 Å². The zero-order chi connectivity index (χ0) is 8.55. The number of hydrogen-bond donors (Lipinski definition) is 1. The lowest BCUT2D eigenvalue weighted by molar-refractivity contribution is 0.0696. The Bertz CT molecular complexity index is 436. The van der Waals surface area contributed by atoms with Gasteiger partial charge in [-0.1, -0.05) is 0 Å². The fourth-order valence-electron chi connectivity index (χ4n) is 0.868. The molecule has 0 aliphatic heterocycles. The van der Waals surface area contributed by atoms with Crippen LogP contribution in [0, 0.1) is 0 Å². The SMILES string of the molecule is O=C(O)c1ccc2nnnn2c1. The van der Waals surface area contributed by atoms with Gasteiger partial charge in [-0.2, -0.15) is 4.52 Å². The van der Waals surface area contributed by atoms with Crippen molar-refractivity contribution in [1.82, 2.24) is 20.0 Å². The maximum atomic E-state index is 10.5. The number of aromatic carboxylic acids is 1. The van der Waals surface area contributed by atoms with Crippen molar-refractivity contribution in [3.05, 3.63) is 23.9 Å². The summed E-state index contributed by atoms with van der Waals surface area (Å²) in [7, 11) is 0. The van der Waals surface area contributed by atoms with Gasteiger partial charge in [-0.25, -0.2) is 4.79 Å². The largest absolute Gasteiger partial charge is 0.478 e. The third-order valence-electron chi connectivity index (χ3n) is 1.44. The van der Waals surface area contributed by atoms with Gasteiger partial charge in [0.25, 0.3) is 0 Å². The summed E-state index contributed by atoms with van der Waals surface area (Å²) in [5.74, 6) is -0.993. The predicted octanol–water partition coefficient (Wildman–Crippen LogP) is -0.178. The predicted molar refractivity (Wildman–Crippen MR) is 37.7 cm³/mol. The molecule has 6 nitrogen and oxygen atoms in total. The van der Waals surface area contributed by atoms with Crippen molar-refractivity contribution in [3.8, 4) is 0 Å². The maximum absolute atomic E-state index is 10.5. The van der Waals surface area contributed by atoms with Crippen molar-refractivity contribution in [2.45, 2.75) is 0 Å². The first-order valence-corrected chi connectivity index (χ1v) is 3.18. The molecule has 0 amide bonds. The summed E-state index contributed by atoms with van der Waals surface area (Å²) in [4.78, 5) is 10.5. The van der Waals surface area contributed by atoms with E-state index in [2.05, 4.69) is 15.5 Å². The van der Waals surface area contributed by atoms with Crippen molar-refractivity contribution in [2.24, 2.45) is 0 Å². The molecule has 0 aliphatic carbocycles. The number of rotatable bonds is 1. The van der Waals surface area contributed by atoms with Gasteiger partial charge in [-0.05, 0) is 22.6 Å². The molecule has 0 unspecified atom stereocenters. The van der Waals surface area contributed by atoms with E-state index in [-0.39, 0.29) is 5.56 Å². The van der Waals surface area contributed by atoms with Crippen LogP contribution in [0.25, 0.3) is 5.65 Å². The monoisotopic (exact) mass is 164 g/mol. The summed E-state index contributed by atoms with van der Waals surface area (Å²) in [5.41, 5.74) is 0.690. The molecule has 0 bridgehead atoms. The summed E-state index contributed by atoms with van der Waals surface area (Å²) in [5, 5.41) is 19.2. The zero-order valence-electron chi connectivity index (χ0n) is 5.88. The van der Waals surface area contributed by atoms with Gasteiger partial charge in [-0.3, -0.25) is 0 Å². The molecule has 0 saturated heterocycles. The summed E-state index contributed by atoms with van der Waals surface area (Å²) < 4.78 is 1.31. The van der Waals surface area contributed by atoms with E-state index in [1.807, 2.05) is 0 Å². The number of nitrogens with zero attached hydrogens (tertiary/aromatic N) is 4. The Labute approximate surface area is 66.4 Å². The van der Waals surface area contributed by atoms with Crippen LogP contribution in [0.3, 0.4) is 0 Å². The van der Waals surface area contributed by atoms with Crippen LogP contribution in [0.5, 0.6) is 0 Å². The Kier molecular flexibility index (Phi) is 1.26. The Morgan fingerprint density at radius 2 is 2.33 bits per heavy atom. The standard InChI is InChI=1S/C6H4N4O2/c11-6(12)4-1-2-5-7-8-9-10(5)3-4/h1-3H,(H,11,12). The Morgan fingerprint density at radius 1 is 1.50 bits per heavy atom. The number of carboxylic acid groups (broad SMARTS) is 1. The van der Waals surface area contributed by atoms with Gasteiger partial charge in [0.2, 0.25) is 0 Å². The fourth-order valence-corrected chi connectivity index (χ4v) is 0.868. The number of tetrazole rings is 1. The first kappa shape index (κ1) is 6.71. The lowest BCUT2D eigenvalue weighted by atomic mass is 10.3.